The van der Waals surface area contributed by atoms with Gasteiger partial charge in [-0.2, -0.15) is 0 Å². The molecule has 0 saturated heterocycles. The van der Waals surface area contributed by atoms with Gasteiger partial charge in [-0.1, -0.05) is 65.3 Å². The summed E-state index contributed by atoms with van der Waals surface area (Å²) in [5, 5.41) is 10.0. The van der Waals surface area contributed by atoms with Crippen molar-refractivity contribution < 1.29 is 9.53 Å². The minimum absolute atomic E-state index is 0.288. The lowest BCUT2D eigenvalue weighted by Gasteiger charge is -2.17. The van der Waals surface area contributed by atoms with Crippen molar-refractivity contribution in [1.82, 2.24) is 14.8 Å². The maximum Gasteiger partial charge on any atom is 0.343 e. The van der Waals surface area contributed by atoms with Gasteiger partial charge in [0.25, 0.3) is 0 Å². The molecule has 10 heteroatoms. The lowest BCUT2D eigenvalue weighted by atomic mass is 10.1. The van der Waals surface area contributed by atoms with Crippen LogP contribution in [-0.4, -0.2) is 34.4 Å². The van der Waals surface area contributed by atoms with Crippen LogP contribution in [0.2, 0.25) is 10.0 Å². The number of hydrogen-bond donors (Lipinski definition) is 2. The molecule has 7 nitrogen and oxygen atoms in total. The first-order valence-corrected chi connectivity index (χ1v) is 10.7. The first kappa shape index (κ1) is 22.4. The van der Waals surface area contributed by atoms with E-state index in [0.29, 0.717) is 40.5 Å². The van der Waals surface area contributed by atoms with E-state index in [-0.39, 0.29) is 11.6 Å². The highest BCUT2D eigenvalue weighted by Gasteiger charge is 2.25. The Balaban J connectivity index is 1.87. The topological polar surface area (TPSA) is 89.0 Å². The van der Waals surface area contributed by atoms with Crippen molar-refractivity contribution in [2.24, 2.45) is 0 Å². The third kappa shape index (κ3) is 5.89. The Labute approximate surface area is 187 Å². The highest BCUT2D eigenvalue weighted by atomic mass is 35.5. The fourth-order valence-electron chi connectivity index (χ4n) is 2.80. The molecule has 0 aliphatic heterocycles. The molecule has 0 aliphatic carbocycles. The molecule has 0 spiro atoms. The molecule has 1 heterocycles. The zero-order valence-corrected chi connectivity index (χ0v) is 18.4. The van der Waals surface area contributed by atoms with Crippen LogP contribution in [0.3, 0.4) is 0 Å². The van der Waals surface area contributed by atoms with Crippen molar-refractivity contribution in [3.05, 3.63) is 74.6 Å². The number of carbonyl (C=O) groups excluding carboxylic acids is 1. The number of H-pyrrole nitrogens is 1. The molecule has 3 aromatic rings. The number of aromatic amines is 1. The zero-order valence-electron chi connectivity index (χ0n) is 16.1. The summed E-state index contributed by atoms with van der Waals surface area (Å²) in [5.41, 5.74) is 0.924. The van der Waals surface area contributed by atoms with Gasteiger partial charge in [0.05, 0.1) is 0 Å². The summed E-state index contributed by atoms with van der Waals surface area (Å²) in [6.07, 6.45) is 0.646. The third-order valence-corrected chi connectivity index (χ3v) is 5.83. The molecule has 0 saturated carbocycles. The van der Waals surface area contributed by atoms with Crippen molar-refractivity contribution in [2.75, 3.05) is 19.0 Å². The van der Waals surface area contributed by atoms with Crippen molar-refractivity contribution in [2.45, 2.75) is 23.4 Å². The molecular formula is C20H20Cl2N4O3S. The van der Waals surface area contributed by atoms with Crippen LogP contribution in [0.15, 0.2) is 58.5 Å². The lowest BCUT2D eigenvalue weighted by molar-refractivity contribution is -0.115. The van der Waals surface area contributed by atoms with Gasteiger partial charge in [-0.15, -0.1) is 5.10 Å². The van der Waals surface area contributed by atoms with Crippen LogP contribution in [0.25, 0.3) is 0 Å². The third-order valence-electron chi connectivity index (χ3n) is 4.15. The highest BCUT2D eigenvalue weighted by Crippen LogP contribution is 2.35. The molecule has 1 unspecified atom stereocenters. The van der Waals surface area contributed by atoms with Gasteiger partial charge >= 0.3 is 5.69 Å². The number of anilines is 1. The summed E-state index contributed by atoms with van der Waals surface area (Å²) in [5.74, 6) is -0.288. The van der Waals surface area contributed by atoms with Crippen LogP contribution >= 0.6 is 35.0 Å². The van der Waals surface area contributed by atoms with Crippen LogP contribution in [-0.2, 0) is 16.1 Å². The van der Waals surface area contributed by atoms with E-state index in [0.717, 1.165) is 5.56 Å². The average Bonchev–Trinajstić information content (AvgIpc) is 3.05. The first-order valence-electron chi connectivity index (χ1n) is 9.10. The quantitative estimate of drug-likeness (QED) is 0.360. The number of methoxy groups -OCH3 is 1. The first-order chi connectivity index (χ1) is 14.5. The Morgan fingerprint density at radius 1 is 1.23 bits per heavy atom. The Hall–Kier alpha value is -2.26. The van der Waals surface area contributed by atoms with Crippen molar-refractivity contribution in [3.8, 4) is 0 Å². The average molecular weight is 467 g/mol. The van der Waals surface area contributed by atoms with E-state index in [9.17, 15) is 9.59 Å². The molecule has 0 aliphatic rings. The Morgan fingerprint density at radius 2 is 1.93 bits per heavy atom. The van der Waals surface area contributed by atoms with Gasteiger partial charge in [0.1, 0.15) is 5.25 Å². The number of hydrogen-bond acceptors (Lipinski definition) is 5. The second kappa shape index (κ2) is 10.7. The number of aromatic nitrogens is 3. The molecule has 158 valence electrons. The molecule has 1 atom stereocenters. The number of rotatable bonds is 9. The summed E-state index contributed by atoms with van der Waals surface area (Å²) in [4.78, 5) is 25.3. The number of halogens is 2. The zero-order chi connectivity index (χ0) is 21.5. The maximum absolute atomic E-state index is 13.2. The number of ether oxygens (including phenoxy) is 1. The molecule has 2 aromatic carbocycles. The van der Waals surface area contributed by atoms with Gasteiger partial charge in [-0.25, -0.2) is 9.89 Å². The van der Waals surface area contributed by atoms with E-state index in [1.54, 1.807) is 25.3 Å². The number of nitrogens with one attached hydrogen (secondary N) is 2. The van der Waals surface area contributed by atoms with Crippen molar-refractivity contribution in [1.29, 1.82) is 0 Å². The number of carbonyl (C=O) groups is 1. The van der Waals surface area contributed by atoms with Gasteiger partial charge in [0.2, 0.25) is 5.91 Å². The number of benzene rings is 2. The van der Waals surface area contributed by atoms with Crippen molar-refractivity contribution in [3.63, 3.8) is 0 Å². The molecule has 3 rings (SSSR count). The second-order valence-electron chi connectivity index (χ2n) is 6.37. The van der Waals surface area contributed by atoms with Crippen LogP contribution in [0.4, 0.5) is 5.69 Å². The molecule has 30 heavy (non-hydrogen) atoms. The lowest BCUT2D eigenvalue weighted by Crippen LogP contribution is -2.21. The summed E-state index contributed by atoms with van der Waals surface area (Å²) < 4.78 is 6.56. The minimum Gasteiger partial charge on any atom is -0.385 e. The van der Waals surface area contributed by atoms with E-state index < -0.39 is 5.25 Å². The molecule has 0 bridgehead atoms. The van der Waals surface area contributed by atoms with Crippen molar-refractivity contribution >= 4 is 46.6 Å². The van der Waals surface area contributed by atoms with E-state index in [4.69, 9.17) is 27.9 Å². The SMILES string of the molecule is COCCCn1c(SC(C(=O)Nc2cc(Cl)cc(Cl)c2)c2ccccc2)n[nH]c1=O. The standard InChI is InChI=1S/C20H20Cl2N4O3S/c1-29-9-5-8-26-19(28)24-25-20(26)30-17(13-6-3-2-4-7-13)18(27)23-16-11-14(21)10-15(22)12-16/h2-4,6-7,10-12,17H,5,8-9H2,1H3,(H,23,27)(H,24,28). The Bertz CT molecular complexity index is 1040. The molecule has 0 radical (unpaired) electrons. The minimum atomic E-state index is -0.652. The van der Waals surface area contributed by atoms with Gasteiger partial charge in [-0.3, -0.25) is 9.36 Å². The number of nitrogens with zero attached hydrogens (tertiary/aromatic N) is 2. The fourth-order valence-corrected chi connectivity index (χ4v) is 4.39. The predicted octanol–water partition coefficient (Wildman–Crippen LogP) is 4.39. The number of amides is 1. The molecule has 1 aromatic heterocycles. The fraction of sp³-hybridized carbons (Fsp3) is 0.250. The van der Waals surface area contributed by atoms with Gasteiger partial charge in [0.15, 0.2) is 5.16 Å². The smallest absolute Gasteiger partial charge is 0.343 e. The Morgan fingerprint density at radius 3 is 2.60 bits per heavy atom. The van der Waals surface area contributed by atoms with E-state index in [2.05, 4.69) is 15.5 Å². The van der Waals surface area contributed by atoms with Crippen LogP contribution in [0.5, 0.6) is 0 Å². The van der Waals surface area contributed by atoms with Gasteiger partial charge in [0, 0.05) is 36.0 Å². The van der Waals surface area contributed by atoms with Crippen LogP contribution in [0.1, 0.15) is 17.2 Å². The molecular weight excluding hydrogens is 447 g/mol. The summed E-state index contributed by atoms with van der Waals surface area (Å²) >= 11 is 13.3. The van der Waals surface area contributed by atoms with Gasteiger partial charge in [-0.05, 0) is 30.2 Å². The molecule has 0 fully saturated rings. The summed E-state index contributed by atoms with van der Waals surface area (Å²) in [7, 11) is 1.60. The maximum atomic E-state index is 13.2. The molecule has 2 N–H and O–H groups in total. The van der Waals surface area contributed by atoms with E-state index in [1.165, 1.54) is 16.3 Å². The summed E-state index contributed by atoms with van der Waals surface area (Å²) in [6.45, 7) is 0.943. The Kier molecular flexibility index (Phi) is 7.98. The van der Waals surface area contributed by atoms with Crippen LogP contribution in [0, 0.1) is 0 Å². The van der Waals surface area contributed by atoms with E-state index >= 15 is 0 Å². The largest absolute Gasteiger partial charge is 0.385 e. The number of thioether (sulfide) groups is 1. The normalized spacial score (nSPS) is 12.0. The monoisotopic (exact) mass is 466 g/mol. The van der Waals surface area contributed by atoms with E-state index in [1.807, 2.05) is 30.3 Å². The predicted molar refractivity (Wildman–Crippen MR) is 119 cm³/mol. The van der Waals surface area contributed by atoms with Gasteiger partial charge < -0.3 is 10.1 Å². The molecule has 1 amide bonds. The summed E-state index contributed by atoms with van der Waals surface area (Å²) in [6, 6.07) is 14.1. The van der Waals surface area contributed by atoms with Crippen LogP contribution < -0.4 is 11.0 Å². The second-order valence-corrected chi connectivity index (χ2v) is 8.31. The highest BCUT2D eigenvalue weighted by molar-refractivity contribution is 8.00.